The van der Waals surface area contributed by atoms with Crippen LogP contribution in [0.5, 0.6) is 5.75 Å². The van der Waals surface area contributed by atoms with Gasteiger partial charge >= 0.3 is 0 Å². The van der Waals surface area contributed by atoms with Crippen LogP contribution in [0.2, 0.25) is 0 Å². The molecule has 1 saturated heterocycles. The minimum atomic E-state index is 0.280. The molecule has 2 heterocycles. The van der Waals surface area contributed by atoms with Crippen molar-refractivity contribution in [1.82, 2.24) is 0 Å². The van der Waals surface area contributed by atoms with Crippen LogP contribution in [-0.4, -0.2) is 19.3 Å². The Morgan fingerprint density at radius 1 is 1.25 bits per heavy atom. The van der Waals surface area contributed by atoms with Crippen LogP contribution in [0.25, 0.3) is 11.0 Å². The van der Waals surface area contributed by atoms with Gasteiger partial charge in [0.2, 0.25) is 0 Å². The zero-order valence-corrected chi connectivity index (χ0v) is 8.94. The number of hydrogen-bond donors (Lipinski definition) is 0. The largest absolute Gasteiger partial charge is 0.490 e. The highest BCUT2D eigenvalue weighted by Gasteiger charge is 2.15. The zero-order chi connectivity index (χ0) is 10.8. The molecule has 3 nitrogen and oxygen atoms in total. The normalized spacial score (nSPS) is 17.8. The van der Waals surface area contributed by atoms with Crippen LogP contribution < -0.4 is 4.74 Å². The van der Waals surface area contributed by atoms with E-state index in [2.05, 4.69) is 6.26 Å². The van der Waals surface area contributed by atoms with Crippen LogP contribution in [0.4, 0.5) is 0 Å². The average molecular weight is 217 g/mol. The average Bonchev–Trinajstić information content (AvgIpc) is 2.77. The molecular weight excluding hydrogens is 204 g/mol. The Morgan fingerprint density at radius 2 is 2.12 bits per heavy atom. The smallest absolute Gasteiger partial charge is 0.170 e. The van der Waals surface area contributed by atoms with Gasteiger partial charge in [-0.05, 0) is 24.3 Å². The molecule has 83 valence electrons. The molecular formula is C13H13O3. The van der Waals surface area contributed by atoms with E-state index in [0.717, 1.165) is 42.8 Å². The lowest BCUT2D eigenvalue weighted by molar-refractivity contribution is 0.0256. The van der Waals surface area contributed by atoms with E-state index in [1.54, 1.807) is 0 Å². The summed E-state index contributed by atoms with van der Waals surface area (Å²) < 4.78 is 16.4. The summed E-state index contributed by atoms with van der Waals surface area (Å²) in [7, 11) is 0. The Morgan fingerprint density at radius 3 is 3.00 bits per heavy atom. The van der Waals surface area contributed by atoms with E-state index in [-0.39, 0.29) is 6.10 Å². The van der Waals surface area contributed by atoms with Crippen molar-refractivity contribution in [3.8, 4) is 5.75 Å². The maximum Gasteiger partial charge on any atom is 0.170 e. The molecule has 1 aromatic heterocycles. The predicted octanol–water partition coefficient (Wildman–Crippen LogP) is 2.79. The SMILES string of the molecule is [c]1cc2cc(OC3CCOCC3)ccc2o1. The van der Waals surface area contributed by atoms with Gasteiger partial charge in [-0.1, -0.05) is 0 Å². The van der Waals surface area contributed by atoms with Gasteiger partial charge < -0.3 is 13.9 Å². The number of benzene rings is 1. The van der Waals surface area contributed by atoms with E-state index in [0.29, 0.717) is 0 Å². The van der Waals surface area contributed by atoms with Crippen molar-refractivity contribution in [3.05, 3.63) is 30.5 Å². The van der Waals surface area contributed by atoms with Crippen LogP contribution in [0.3, 0.4) is 0 Å². The summed E-state index contributed by atoms with van der Waals surface area (Å²) in [6, 6.07) is 7.67. The molecule has 3 rings (SSSR count). The van der Waals surface area contributed by atoms with Crippen LogP contribution in [0.1, 0.15) is 12.8 Å². The lowest BCUT2D eigenvalue weighted by Crippen LogP contribution is -2.25. The Kier molecular flexibility index (Phi) is 2.54. The summed E-state index contributed by atoms with van der Waals surface area (Å²) in [6.07, 6.45) is 4.93. The van der Waals surface area contributed by atoms with Gasteiger partial charge in [-0.3, -0.25) is 0 Å². The zero-order valence-electron chi connectivity index (χ0n) is 8.94. The predicted molar refractivity (Wildman–Crippen MR) is 59.5 cm³/mol. The Bertz CT molecular complexity index is 469. The van der Waals surface area contributed by atoms with Gasteiger partial charge in [0.25, 0.3) is 0 Å². The van der Waals surface area contributed by atoms with E-state index in [1.165, 1.54) is 0 Å². The maximum atomic E-state index is 5.90. The summed E-state index contributed by atoms with van der Waals surface area (Å²) >= 11 is 0. The summed E-state index contributed by atoms with van der Waals surface area (Å²) in [5, 5.41) is 1.03. The van der Waals surface area contributed by atoms with Crippen molar-refractivity contribution in [2.75, 3.05) is 13.2 Å². The third-order valence-electron chi connectivity index (χ3n) is 2.84. The van der Waals surface area contributed by atoms with Crippen molar-refractivity contribution in [2.45, 2.75) is 18.9 Å². The lowest BCUT2D eigenvalue weighted by Gasteiger charge is -2.23. The van der Waals surface area contributed by atoms with E-state index in [1.807, 2.05) is 24.3 Å². The molecule has 0 aliphatic carbocycles. The Balaban J connectivity index is 1.77. The Labute approximate surface area is 94.0 Å². The first-order chi connectivity index (χ1) is 7.92. The molecule has 1 aliphatic rings. The van der Waals surface area contributed by atoms with Gasteiger partial charge in [-0.25, -0.2) is 0 Å². The highest BCUT2D eigenvalue weighted by Crippen LogP contribution is 2.23. The van der Waals surface area contributed by atoms with Crippen molar-refractivity contribution in [1.29, 1.82) is 0 Å². The quantitative estimate of drug-likeness (QED) is 0.775. The fourth-order valence-corrected chi connectivity index (χ4v) is 1.95. The molecule has 1 fully saturated rings. The molecule has 0 spiro atoms. The third-order valence-corrected chi connectivity index (χ3v) is 2.84. The molecule has 16 heavy (non-hydrogen) atoms. The summed E-state index contributed by atoms with van der Waals surface area (Å²) in [6.45, 7) is 1.60. The van der Waals surface area contributed by atoms with Crippen LogP contribution in [0.15, 0.2) is 28.7 Å². The molecule has 0 N–H and O–H groups in total. The van der Waals surface area contributed by atoms with Crippen molar-refractivity contribution < 1.29 is 13.9 Å². The molecule has 2 aromatic rings. The molecule has 3 heteroatoms. The maximum absolute atomic E-state index is 5.90. The number of rotatable bonds is 2. The molecule has 1 radical (unpaired) electrons. The first-order valence-electron chi connectivity index (χ1n) is 5.56. The summed E-state index contributed by atoms with van der Waals surface area (Å²) in [4.78, 5) is 0. The lowest BCUT2D eigenvalue weighted by atomic mass is 10.1. The van der Waals surface area contributed by atoms with Gasteiger partial charge in [0.1, 0.15) is 17.4 Å². The molecule has 1 aliphatic heterocycles. The second-order valence-corrected chi connectivity index (χ2v) is 3.99. The van der Waals surface area contributed by atoms with Crippen LogP contribution in [-0.2, 0) is 4.74 Å². The second kappa shape index (κ2) is 4.18. The van der Waals surface area contributed by atoms with Gasteiger partial charge in [-0.2, -0.15) is 0 Å². The molecule has 1 aromatic carbocycles. The van der Waals surface area contributed by atoms with Crippen molar-refractivity contribution in [3.63, 3.8) is 0 Å². The summed E-state index contributed by atoms with van der Waals surface area (Å²) in [5.74, 6) is 0.897. The van der Waals surface area contributed by atoms with Gasteiger partial charge in [0.05, 0.1) is 13.2 Å². The molecule has 0 amide bonds. The van der Waals surface area contributed by atoms with Crippen molar-refractivity contribution in [2.24, 2.45) is 0 Å². The van der Waals surface area contributed by atoms with E-state index in [9.17, 15) is 0 Å². The number of furan rings is 1. The third kappa shape index (κ3) is 1.91. The minimum Gasteiger partial charge on any atom is -0.490 e. The standard InChI is InChI=1S/C13H13O3/c1-2-13-10(3-8-15-13)9-12(1)16-11-4-6-14-7-5-11/h1-3,9,11H,4-7H2. The van der Waals surface area contributed by atoms with Crippen LogP contribution >= 0.6 is 0 Å². The van der Waals surface area contributed by atoms with E-state index >= 15 is 0 Å². The van der Waals surface area contributed by atoms with Crippen LogP contribution in [0, 0.1) is 6.26 Å². The molecule has 0 atom stereocenters. The van der Waals surface area contributed by atoms with Gasteiger partial charge in [-0.15, -0.1) is 0 Å². The Hall–Kier alpha value is -1.48. The van der Waals surface area contributed by atoms with Gasteiger partial charge in [0, 0.05) is 18.2 Å². The molecule has 0 saturated carbocycles. The van der Waals surface area contributed by atoms with Gasteiger partial charge in [0.15, 0.2) is 6.26 Å². The molecule has 0 bridgehead atoms. The number of fused-ring (bicyclic) bond motifs is 1. The monoisotopic (exact) mass is 217 g/mol. The first kappa shape index (κ1) is 9.73. The van der Waals surface area contributed by atoms with Crippen molar-refractivity contribution >= 4 is 11.0 Å². The summed E-state index contributed by atoms with van der Waals surface area (Å²) in [5.41, 5.74) is 0.847. The number of ether oxygens (including phenoxy) is 2. The fourth-order valence-electron chi connectivity index (χ4n) is 1.95. The first-order valence-corrected chi connectivity index (χ1v) is 5.56. The minimum absolute atomic E-state index is 0.280. The van der Waals surface area contributed by atoms with E-state index in [4.69, 9.17) is 13.9 Å². The topological polar surface area (TPSA) is 31.6 Å². The number of hydrogen-bond acceptors (Lipinski definition) is 3. The molecule has 0 unspecified atom stereocenters. The highest BCUT2D eigenvalue weighted by atomic mass is 16.5. The second-order valence-electron chi connectivity index (χ2n) is 3.99. The van der Waals surface area contributed by atoms with E-state index < -0.39 is 0 Å². The fraction of sp³-hybridized carbons (Fsp3) is 0.385. The highest BCUT2D eigenvalue weighted by molar-refractivity contribution is 5.78.